The zero-order valence-corrected chi connectivity index (χ0v) is 14.3. The van der Waals surface area contributed by atoms with Crippen molar-refractivity contribution in [2.45, 2.75) is 24.9 Å². The van der Waals surface area contributed by atoms with Gasteiger partial charge in [0.05, 0.1) is 17.8 Å². The van der Waals surface area contributed by atoms with Gasteiger partial charge in [0.25, 0.3) is 0 Å². The van der Waals surface area contributed by atoms with Crippen LogP contribution in [0.25, 0.3) is 0 Å². The molecular formula is C18H15F4N3O3. The van der Waals surface area contributed by atoms with Gasteiger partial charge < -0.3 is 20.6 Å². The van der Waals surface area contributed by atoms with E-state index in [1.165, 1.54) is 30.3 Å². The number of rotatable bonds is 4. The lowest BCUT2D eigenvalue weighted by atomic mass is 10.0. The van der Waals surface area contributed by atoms with Gasteiger partial charge >= 0.3 is 18.0 Å². The smallest absolute Gasteiger partial charge is 0.350 e. The van der Waals surface area contributed by atoms with Crippen molar-refractivity contribution >= 4 is 17.4 Å². The maximum Gasteiger partial charge on any atom is 0.458 e. The molecule has 148 valence electrons. The van der Waals surface area contributed by atoms with Gasteiger partial charge in [-0.15, -0.1) is 0 Å². The van der Waals surface area contributed by atoms with Crippen LogP contribution in [0.2, 0.25) is 0 Å². The van der Waals surface area contributed by atoms with Gasteiger partial charge in [-0.3, -0.25) is 0 Å². The van der Waals surface area contributed by atoms with Gasteiger partial charge in [-0.1, -0.05) is 35.5 Å². The molecular weight excluding hydrogens is 382 g/mol. The Kier molecular flexibility index (Phi) is 5.23. The van der Waals surface area contributed by atoms with E-state index in [1.807, 2.05) is 0 Å². The Labute approximate surface area is 156 Å². The second-order valence-electron chi connectivity index (χ2n) is 6.08. The molecule has 0 radical (unpaired) electrons. The van der Waals surface area contributed by atoms with Crippen LogP contribution in [0.3, 0.4) is 0 Å². The number of hydrogen-bond acceptors (Lipinski definition) is 4. The highest BCUT2D eigenvalue weighted by Crippen LogP contribution is 2.38. The number of carbonyl (C=O) groups is 1. The van der Waals surface area contributed by atoms with E-state index >= 15 is 0 Å². The van der Waals surface area contributed by atoms with Gasteiger partial charge in [-0.2, -0.15) is 13.2 Å². The summed E-state index contributed by atoms with van der Waals surface area (Å²) in [4.78, 5) is 16.1. The predicted molar refractivity (Wildman–Crippen MR) is 91.9 cm³/mol. The Morgan fingerprint density at radius 2 is 1.96 bits per heavy atom. The number of nitrogens with one attached hydrogen (secondary N) is 2. The van der Waals surface area contributed by atoms with E-state index in [2.05, 4.69) is 20.6 Å². The number of halogens is 4. The molecule has 1 aliphatic heterocycles. The highest BCUT2D eigenvalue weighted by Gasteiger charge is 2.60. The van der Waals surface area contributed by atoms with Crippen LogP contribution in [0, 0.1) is 5.82 Å². The van der Waals surface area contributed by atoms with Crippen LogP contribution in [0.4, 0.5) is 28.0 Å². The van der Waals surface area contributed by atoms with E-state index in [0.717, 1.165) is 0 Å². The van der Waals surface area contributed by atoms with E-state index in [9.17, 15) is 27.5 Å². The molecule has 1 unspecified atom stereocenters. The minimum Gasteiger partial charge on any atom is -0.350 e. The molecule has 10 heteroatoms. The molecule has 0 saturated carbocycles. The van der Waals surface area contributed by atoms with E-state index in [4.69, 9.17) is 0 Å². The van der Waals surface area contributed by atoms with Crippen LogP contribution in [-0.4, -0.2) is 28.8 Å². The lowest BCUT2D eigenvalue weighted by Crippen LogP contribution is -2.45. The average Bonchev–Trinajstić information content (AvgIpc) is 3.06. The topological polar surface area (TPSA) is 83.0 Å². The van der Waals surface area contributed by atoms with Gasteiger partial charge in [0.2, 0.25) is 0 Å². The van der Waals surface area contributed by atoms with Crippen LogP contribution in [0.1, 0.15) is 17.5 Å². The summed E-state index contributed by atoms with van der Waals surface area (Å²) < 4.78 is 51.9. The molecule has 1 atom stereocenters. The number of para-hydroxylation sites is 1. The summed E-state index contributed by atoms with van der Waals surface area (Å²) in [6, 6.07) is 11.2. The third-order valence-corrected chi connectivity index (χ3v) is 3.99. The molecule has 3 rings (SSSR count). The van der Waals surface area contributed by atoms with Crippen molar-refractivity contribution in [3.05, 3.63) is 65.5 Å². The van der Waals surface area contributed by atoms with Crippen molar-refractivity contribution in [3.63, 3.8) is 0 Å². The van der Waals surface area contributed by atoms with Crippen LogP contribution in [0.15, 0.2) is 53.7 Å². The molecule has 1 aliphatic rings. The number of amides is 2. The number of aliphatic hydroxyl groups is 1. The van der Waals surface area contributed by atoms with Crippen molar-refractivity contribution in [3.8, 4) is 0 Å². The summed E-state index contributed by atoms with van der Waals surface area (Å²) in [7, 11) is 0. The number of oxime groups is 1. The third-order valence-electron chi connectivity index (χ3n) is 3.99. The van der Waals surface area contributed by atoms with Gasteiger partial charge in [-0.05, 0) is 29.3 Å². The quantitative estimate of drug-likeness (QED) is 0.691. The number of carbonyl (C=O) groups excluding carboxylic acids is 1. The molecule has 3 N–H and O–H groups in total. The second kappa shape index (κ2) is 7.47. The number of benzene rings is 2. The number of urea groups is 1. The first-order valence-electron chi connectivity index (χ1n) is 8.11. The third kappa shape index (κ3) is 4.22. The first-order valence-corrected chi connectivity index (χ1v) is 8.11. The van der Waals surface area contributed by atoms with Crippen molar-refractivity contribution in [1.82, 2.24) is 5.32 Å². The summed E-state index contributed by atoms with van der Waals surface area (Å²) in [5, 5.41) is 17.7. The molecule has 0 spiro atoms. The van der Waals surface area contributed by atoms with Crippen LogP contribution < -0.4 is 10.6 Å². The zero-order chi connectivity index (χ0) is 20.4. The second-order valence-corrected chi connectivity index (χ2v) is 6.08. The zero-order valence-electron chi connectivity index (χ0n) is 14.3. The molecule has 2 amide bonds. The fraction of sp³-hybridized carbons (Fsp3) is 0.222. The fourth-order valence-electron chi connectivity index (χ4n) is 2.50. The normalized spacial score (nSPS) is 19.0. The van der Waals surface area contributed by atoms with E-state index in [0.29, 0.717) is 11.1 Å². The minimum absolute atomic E-state index is 0.0117. The molecule has 2 aromatic carbocycles. The van der Waals surface area contributed by atoms with Crippen molar-refractivity contribution < 1.29 is 32.3 Å². The van der Waals surface area contributed by atoms with Crippen LogP contribution >= 0.6 is 0 Å². The number of nitrogens with zero attached hydrogens (tertiary/aromatic N) is 1. The number of hydrogen-bond donors (Lipinski definition) is 3. The molecule has 1 heterocycles. The van der Waals surface area contributed by atoms with E-state index in [-0.39, 0.29) is 17.9 Å². The van der Waals surface area contributed by atoms with Crippen LogP contribution in [-0.2, 0) is 11.4 Å². The van der Waals surface area contributed by atoms with E-state index < -0.39 is 30.2 Å². The maximum absolute atomic E-state index is 13.5. The molecule has 0 bridgehead atoms. The molecule has 2 aromatic rings. The monoisotopic (exact) mass is 397 g/mol. The lowest BCUT2D eigenvalue weighted by Gasteiger charge is -2.22. The largest absolute Gasteiger partial charge is 0.458 e. The van der Waals surface area contributed by atoms with E-state index in [1.54, 1.807) is 18.2 Å². The van der Waals surface area contributed by atoms with Gasteiger partial charge in [0.1, 0.15) is 5.82 Å². The summed E-state index contributed by atoms with van der Waals surface area (Å²) in [6.07, 6.45) is -5.83. The highest BCUT2D eigenvalue weighted by atomic mass is 19.4. The van der Waals surface area contributed by atoms with Gasteiger partial charge in [0.15, 0.2) is 0 Å². The first-order chi connectivity index (χ1) is 13.2. The summed E-state index contributed by atoms with van der Waals surface area (Å²) in [6.45, 7) is 0.0335. The van der Waals surface area contributed by atoms with Crippen molar-refractivity contribution in [1.29, 1.82) is 0 Å². The van der Waals surface area contributed by atoms with Gasteiger partial charge in [0, 0.05) is 6.54 Å². The molecule has 6 nitrogen and oxygen atoms in total. The number of anilines is 1. The fourth-order valence-corrected chi connectivity index (χ4v) is 2.50. The maximum atomic E-state index is 13.5. The Bertz CT molecular complexity index is 917. The summed E-state index contributed by atoms with van der Waals surface area (Å²) in [5.41, 5.74) is 0.815. The first kappa shape index (κ1) is 19.6. The van der Waals surface area contributed by atoms with Crippen molar-refractivity contribution in [2.24, 2.45) is 5.16 Å². The molecule has 0 aromatic heterocycles. The Morgan fingerprint density at radius 1 is 1.21 bits per heavy atom. The Morgan fingerprint density at radius 3 is 2.64 bits per heavy atom. The van der Waals surface area contributed by atoms with Crippen LogP contribution in [0.5, 0.6) is 0 Å². The predicted octanol–water partition coefficient (Wildman–Crippen LogP) is 3.52. The summed E-state index contributed by atoms with van der Waals surface area (Å²) >= 11 is 0. The molecule has 0 saturated heterocycles. The molecule has 0 fully saturated rings. The Balaban J connectivity index is 1.61. The lowest BCUT2D eigenvalue weighted by molar-refractivity contribution is -0.355. The van der Waals surface area contributed by atoms with Gasteiger partial charge in [-0.25, -0.2) is 9.18 Å². The standard InChI is InChI=1S/C18H15F4N3O3/c19-13-6-1-2-7-14(13)24-16(26)23-10-11-4-3-5-12(8-11)15-9-17(27,28-25-15)18(20,21)22/h1-8,27H,9-10H2,(H2,23,24,26). The average molecular weight is 397 g/mol. The highest BCUT2D eigenvalue weighted by molar-refractivity contribution is 6.01. The molecule has 28 heavy (non-hydrogen) atoms. The SMILES string of the molecule is O=C(NCc1cccc(C2=NOC(O)(C(F)(F)F)C2)c1)Nc1ccccc1F. The molecule has 0 aliphatic carbocycles. The number of alkyl halides is 3. The van der Waals surface area contributed by atoms with Crippen molar-refractivity contribution in [2.75, 3.05) is 5.32 Å². The minimum atomic E-state index is -4.98. The Hall–Kier alpha value is -3.14. The summed E-state index contributed by atoms with van der Waals surface area (Å²) in [5.74, 6) is -3.94.